The first-order chi connectivity index (χ1) is 16.7. The Morgan fingerprint density at radius 3 is 2.43 bits per heavy atom. The van der Waals surface area contributed by atoms with E-state index in [1.165, 1.54) is 5.56 Å². The van der Waals surface area contributed by atoms with E-state index in [1.807, 2.05) is 50.0 Å². The summed E-state index contributed by atoms with van der Waals surface area (Å²) in [5, 5.41) is 6.22. The predicted octanol–water partition coefficient (Wildman–Crippen LogP) is 6.77. The number of unbranched alkanes of at least 4 members (excludes halogenated alkanes) is 1. The third-order valence-electron chi connectivity index (χ3n) is 5.65. The van der Waals surface area contributed by atoms with Crippen molar-refractivity contribution in [1.82, 2.24) is 0 Å². The zero-order valence-electron chi connectivity index (χ0n) is 21.5. The van der Waals surface area contributed by atoms with Crippen molar-refractivity contribution in [2.24, 2.45) is 11.0 Å². The Labute approximate surface area is 211 Å². The first-order valence-corrected chi connectivity index (χ1v) is 13.3. The Morgan fingerprint density at radius 2 is 1.83 bits per heavy atom. The van der Waals surface area contributed by atoms with Crippen LogP contribution < -0.4 is 5.01 Å². The maximum absolute atomic E-state index is 11.8. The van der Waals surface area contributed by atoms with Crippen LogP contribution in [-0.4, -0.2) is 34.0 Å². The van der Waals surface area contributed by atoms with Gasteiger partial charge in [0, 0.05) is 6.42 Å². The van der Waals surface area contributed by atoms with Gasteiger partial charge in [0.25, 0.3) is 0 Å². The van der Waals surface area contributed by atoms with Gasteiger partial charge in [-0.25, -0.2) is 9.00 Å². The van der Waals surface area contributed by atoms with Crippen LogP contribution in [0, 0.1) is 26.7 Å². The predicted molar refractivity (Wildman–Crippen MR) is 141 cm³/mol. The normalized spacial score (nSPS) is 14.5. The van der Waals surface area contributed by atoms with Gasteiger partial charge in [-0.05, 0) is 74.1 Å². The van der Waals surface area contributed by atoms with Crippen molar-refractivity contribution < 1.29 is 23.0 Å². The molecule has 2 aromatic carbocycles. The first-order valence-electron chi connectivity index (χ1n) is 12.2. The average molecular weight is 503 g/mol. The molecular formula is C27H38N2O5S. The number of carbonyl (C=O) groups excluding carboxylic acids is 1. The van der Waals surface area contributed by atoms with E-state index in [2.05, 4.69) is 25.0 Å². The molecular weight excluding hydrogens is 464 g/mol. The third kappa shape index (κ3) is 10.2. The van der Waals surface area contributed by atoms with E-state index >= 15 is 0 Å². The number of anilines is 1. The second-order valence-corrected chi connectivity index (χ2v) is 9.83. The van der Waals surface area contributed by atoms with Gasteiger partial charge in [0.05, 0.1) is 23.7 Å². The maximum atomic E-state index is 11.8. The number of ether oxygens (including phenoxy) is 2. The van der Waals surface area contributed by atoms with Gasteiger partial charge >= 0.3 is 6.16 Å². The molecule has 1 heterocycles. The fraction of sp³-hybridized carbons (Fsp3) is 0.481. The van der Waals surface area contributed by atoms with Gasteiger partial charge in [0.15, 0.2) is 11.1 Å². The lowest BCUT2D eigenvalue weighted by atomic mass is 10.0. The van der Waals surface area contributed by atoms with Crippen LogP contribution >= 0.6 is 0 Å². The molecule has 1 aliphatic heterocycles. The molecule has 8 heteroatoms. The topological polar surface area (TPSA) is 88.4 Å². The van der Waals surface area contributed by atoms with E-state index in [9.17, 15) is 9.00 Å². The number of nitrogens with zero attached hydrogens (tertiary/aromatic N) is 2. The number of hydrogen-bond acceptors (Lipinski definition) is 6. The summed E-state index contributed by atoms with van der Waals surface area (Å²) in [7, 11) is 0. The number of carbonyl (C=O) groups is 1. The van der Waals surface area contributed by atoms with Crippen LogP contribution in [0.2, 0.25) is 0 Å². The Bertz CT molecular complexity index is 1000. The van der Waals surface area contributed by atoms with Crippen molar-refractivity contribution in [3.63, 3.8) is 0 Å². The van der Waals surface area contributed by atoms with Gasteiger partial charge in [-0.3, -0.25) is 5.01 Å². The third-order valence-corrected chi connectivity index (χ3v) is 6.29. The number of benzene rings is 2. The summed E-state index contributed by atoms with van der Waals surface area (Å²) < 4.78 is 29.9. The lowest BCUT2D eigenvalue weighted by Crippen LogP contribution is -2.17. The van der Waals surface area contributed by atoms with Crippen molar-refractivity contribution in [2.45, 2.75) is 71.6 Å². The molecule has 0 saturated carbocycles. The van der Waals surface area contributed by atoms with Crippen LogP contribution in [-0.2, 0) is 20.6 Å². The van der Waals surface area contributed by atoms with Gasteiger partial charge in [0.1, 0.15) is 0 Å². The van der Waals surface area contributed by atoms with Crippen LogP contribution in [0.4, 0.5) is 10.5 Å². The Balaban J connectivity index is 0.000000328. The summed E-state index contributed by atoms with van der Waals surface area (Å²) >= 11 is -1.85. The fourth-order valence-corrected chi connectivity index (χ4v) is 4.30. The molecule has 0 spiro atoms. The van der Waals surface area contributed by atoms with Crippen LogP contribution in [0.15, 0.2) is 52.5 Å². The molecule has 2 aromatic rings. The SMILES string of the molecule is CCCCC(CC)COC(=O)OC1=NN(c2cccc(C)c2)CC1.Cc1cc(C)cc(S(=O)O)c1. The molecule has 2 unspecified atom stereocenters. The minimum Gasteiger partial charge on any atom is -0.434 e. The highest BCUT2D eigenvalue weighted by Crippen LogP contribution is 2.21. The van der Waals surface area contributed by atoms with Crippen molar-refractivity contribution in [1.29, 1.82) is 0 Å². The average Bonchev–Trinajstić information content (AvgIpc) is 3.27. The van der Waals surface area contributed by atoms with Crippen LogP contribution in [0.5, 0.6) is 0 Å². The summed E-state index contributed by atoms with van der Waals surface area (Å²) in [6.45, 7) is 11.3. The Hall–Kier alpha value is -2.71. The van der Waals surface area contributed by atoms with Gasteiger partial charge in [-0.15, -0.1) is 5.10 Å². The summed E-state index contributed by atoms with van der Waals surface area (Å²) in [5.74, 6) is 0.829. The summed E-state index contributed by atoms with van der Waals surface area (Å²) in [4.78, 5) is 12.3. The molecule has 1 aliphatic rings. The molecule has 3 rings (SSSR count). The van der Waals surface area contributed by atoms with E-state index in [0.29, 0.717) is 36.3 Å². The van der Waals surface area contributed by atoms with Crippen LogP contribution in [0.25, 0.3) is 0 Å². The molecule has 0 aromatic heterocycles. The first kappa shape index (κ1) is 28.5. The number of hydrazone groups is 1. The van der Waals surface area contributed by atoms with E-state index in [1.54, 1.807) is 12.1 Å². The zero-order chi connectivity index (χ0) is 25.8. The maximum Gasteiger partial charge on any atom is 0.514 e. The minimum atomic E-state index is -1.85. The standard InChI is InChI=1S/C19H28N2O3.C8H10O2S/c1-4-6-9-16(5-2)14-23-19(22)24-18-11-12-21(20-18)17-10-7-8-15(3)13-17;1-6-3-7(2)5-8(4-6)11(9)10/h7-8,10,13,16H,4-6,9,11-12,14H2,1-3H3;3-5H,1-2H3,(H,9,10). The molecule has 2 atom stereocenters. The largest absolute Gasteiger partial charge is 0.514 e. The van der Waals surface area contributed by atoms with Crippen molar-refractivity contribution in [3.05, 3.63) is 59.2 Å². The fourth-order valence-electron chi connectivity index (χ4n) is 3.73. The van der Waals surface area contributed by atoms with Crippen molar-refractivity contribution >= 4 is 28.8 Å². The van der Waals surface area contributed by atoms with Crippen molar-refractivity contribution in [3.8, 4) is 0 Å². The van der Waals surface area contributed by atoms with Gasteiger partial charge in [0.2, 0.25) is 5.90 Å². The monoisotopic (exact) mass is 502 g/mol. The van der Waals surface area contributed by atoms with E-state index < -0.39 is 17.2 Å². The van der Waals surface area contributed by atoms with Gasteiger partial charge in [-0.2, -0.15) is 0 Å². The Kier molecular flexibility index (Phi) is 11.9. The van der Waals surface area contributed by atoms with E-state index in [0.717, 1.165) is 42.5 Å². The highest BCUT2D eigenvalue weighted by atomic mass is 32.2. The van der Waals surface area contributed by atoms with Crippen LogP contribution in [0.1, 0.15) is 62.6 Å². The molecule has 0 aliphatic carbocycles. The number of aryl methyl sites for hydroxylation is 3. The molecule has 0 bridgehead atoms. The highest BCUT2D eigenvalue weighted by molar-refractivity contribution is 7.79. The summed E-state index contributed by atoms with van der Waals surface area (Å²) in [6.07, 6.45) is 4.38. The molecule has 0 amide bonds. The highest BCUT2D eigenvalue weighted by Gasteiger charge is 2.21. The molecule has 7 nitrogen and oxygen atoms in total. The lowest BCUT2D eigenvalue weighted by Gasteiger charge is -2.14. The molecule has 192 valence electrons. The molecule has 1 N–H and O–H groups in total. The Morgan fingerprint density at radius 1 is 1.11 bits per heavy atom. The van der Waals surface area contributed by atoms with E-state index in [4.69, 9.17) is 14.0 Å². The molecule has 35 heavy (non-hydrogen) atoms. The quantitative estimate of drug-likeness (QED) is 0.316. The molecule has 0 radical (unpaired) electrons. The molecule has 0 fully saturated rings. The van der Waals surface area contributed by atoms with Crippen molar-refractivity contribution in [2.75, 3.05) is 18.2 Å². The summed E-state index contributed by atoms with van der Waals surface area (Å²) in [5.41, 5.74) is 4.21. The second kappa shape index (κ2) is 14.6. The second-order valence-electron chi connectivity index (χ2n) is 8.86. The minimum absolute atomic E-state index is 0.409. The number of rotatable bonds is 8. The zero-order valence-corrected chi connectivity index (χ0v) is 22.3. The summed E-state index contributed by atoms with van der Waals surface area (Å²) in [6, 6.07) is 13.5. The van der Waals surface area contributed by atoms with E-state index in [-0.39, 0.29) is 0 Å². The number of hydrogen-bond donors (Lipinski definition) is 1. The van der Waals surface area contributed by atoms with Gasteiger partial charge in [-0.1, -0.05) is 51.3 Å². The lowest BCUT2D eigenvalue weighted by molar-refractivity contribution is 0.0774. The smallest absolute Gasteiger partial charge is 0.434 e. The van der Waals surface area contributed by atoms with Crippen LogP contribution in [0.3, 0.4) is 0 Å². The molecule has 0 saturated heterocycles. The van der Waals surface area contributed by atoms with Gasteiger partial charge < -0.3 is 14.0 Å².